The summed E-state index contributed by atoms with van der Waals surface area (Å²) in [7, 11) is 0. The van der Waals surface area contributed by atoms with Crippen molar-refractivity contribution in [1.82, 2.24) is 0 Å². The molecule has 0 radical (unpaired) electrons. The number of hydrogen-bond acceptors (Lipinski definition) is 3. The summed E-state index contributed by atoms with van der Waals surface area (Å²) in [5.74, 6) is -0.303. The maximum atomic E-state index is 13.0. The SMILES string of the molecule is O=C1c2ccccc2N(c2ccccc2)C1(O)c1ccccc1. The largest absolute Gasteiger partial charge is 0.360 e. The quantitative estimate of drug-likeness (QED) is 0.781. The van der Waals surface area contributed by atoms with Crippen LogP contribution in [0.3, 0.4) is 0 Å². The zero-order valence-electron chi connectivity index (χ0n) is 12.4. The zero-order chi connectivity index (χ0) is 15.9. The summed E-state index contributed by atoms with van der Waals surface area (Å²) in [5.41, 5.74) is 0.853. The van der Waals surface area contributed by atoms with Crippen LogP contribution < -0.4 is 4.90 Å². The molecule has 0 aliphatic carbocycles. The Bertz CT molecular complexity index is 861. The minimum Gasteiger partial charge on any atom is -0.360 e. The second-order valence-electron chi connectivity index (χ2n) is 5.56. The van der Waals surface area contributed by atoms with Crippen LogP contribution in [0.5, 0.6) is 0 Å². The molecule has 23 heavy (non-hydrogen) atoms. The molecule has 0 saturated heterocycles. The fourth-order valence-electron chi connectivity index (χ4n) is 3.16. The lowest BCUT2D eigenvalue weighted by atomic mass is 9.96. The number of Topliss-reactive ketones (excluding diaryl/α,β-unsaturated/α-hetero) is 1. The van der Waals surface area contributed by atoms with Gasteiger partial charge in [-0.3, -0.25) is 4.79 Å². The number of rotatable bonds is 2. The van der Waals surface area contributed by atoms with Crippen molar-refractivity contribution in [3.05, 3.63) is 96.1 Å². The van der Waals surface area contributed by atoms with Crippen molar-refractivity contribution in [3.63, 3.8) is 0 Å². The molecule has 0 spiro atoms. The lowest BCUT2D eigenvalue weighted by Gasteiger charge is -2.34. The maximum absolute atomic E-state index is 13.0. The molecule has 1 N–H and O–H groups in total. The maximum Gasteiger partial charge on any atom is 0.234 e. The van der Waals surface area contributed by atoms with Crippen LogP contribution in [0.15, 0.2) is 84.9 Å². The summed E-state index contributed by atoms with van der Waals surface area (Å²) in [6.07, 6.45) is 0. The third kappa shape index (κ3) is 1.91. The first-order valence-corrected chi connectivity index (χ1v) is 7.50. The summed E-state index contributed by atoms with van der Waals surface area (Å²) < 4.78 is 0. The van der Waals surface area contributed by atoms with Gasteiger partial charge in [-0.1, -0.05) is 60.7 Å². The van der Waals surface area contributed by atoms with Crippen LogP contribution in [-0.2, 0) is 5.72 Å². The summed E-state index contributed by atoms with van der Waals surface area (Å²) in [6, 6.07) is 25.9. The van der Waals surface area contributed by atoms with Gasteiger partial charge in [-0.05, 0) is 24.3 Å². The number of aliphatic hydroxyl groups is 1. The zero-order valence-corrected chi connectivity index (χ0v) is 12.4. The van der Waals surface area contributed by atoms with E-state index in [2.05, 4.69) is 0 Å². The molecule has 4 rings (SSSR count). The average Bonchev–Trinajstić information content (AvgIpc) is 2.86. The van der Waals surface area contributed by atoms with Gasteiger partial charge in [0, 0.05) is 16.8 Å². The van der Waals surface area contributed by atoms with Gasteiger partial charge in [-0.15, -0.1) is 0 Å². The molecule has 112 valence electrons. The van der Waals surface area contributed by atoms with E-state index in [1.807, 2.05) is 66.7 Å². The molecule has 3 aromatic carbocycles. The Labute approximate surface area is 134 Å². The Hall–Kier alpha value is -2.91. The third-order valence-electron chi connectivity index (χ3n) is 4.22. The fourth-order valence-corrected chi connectivity index (χ4v) is 3.16. The fraction of sp³-hybridized carbons (Fsp3) is 0.0500. The Morgan fingerprint density at radius 1 is 0.739 bits per heavy atom. The van der Waals surface area contributed by atoms with Gasteiger partial charge in [0.15, 0.2) is 0 Å². The lowest BCUT2D eigenvalue weighted by molar-refractivity contribution is 0.0378. The number of fused-ring (bicyclic) bond motifs is 1. The van der Waals surface area contributed by atoms with Crippen LogP contribution in [0.1, 0.15) is 15.9 Å². The highest BCUT2D eigenvalue weighted by Crippen LogP contribution is 2.47. The summed E-state index contributed by atoms with van der Waals surface area (Å²) in [4.78, 5) is 14.7. The molecule has 1 aliphatic rings. The topological polar surface area (TPSA) is 40.5 Å². The third-order valence-corrected chi connectivity index (χ3v) is 4.22. The van der Waals surface area contributed by atoms with Crippen molar-refractivity contribution in [2.45, 2.75) is 5.72 Å². The van der Waals surface area contributed by atoms with Gasteiger partial charge >= 0.3 is 0 Å². The normalized spacial score (nSPS) is 19.7. The van der Waals surface area contributed by atoms with Gasteiger partial charge in [0.1, 0.15) is 0 Å². The molecule has 1 unspecified atom stereocenters. The van der Waals surface area contributed by atoms with Crippen molar-refractivity contribution < 1.29 is 9.90 Å². The van der Waals surface area contributed by atoms with E-state index in [0.29, 0.717) is 11.1 Å². The van der Waals surface area contributed by atoms with E-state index in [1.54, 1.807) is 23.1 Å². The molecule has 1 heterocycles. The first-order valence-electron chi connectivity index (χ1n) is 7.50. The van der Waals surface area contributed by atoms with Crippen LogP contribution in [0, 0.1) is 0 Å². The summed E-state index contributed by atoms with van der Waals surface area (Å²) in [6.45, 7) is 0. The van der Waals surface area contributed by atoms with Crippen molar-refractivity contribution in [1.29, 1.82) is 0 Å². The Morgan fingerprint density at radius 3 is 2.00 bits per heavy atom. The first-order chi connectivity index (χ1) is 11.2. The minimum absolute atomic E-state index is 0.303. The van der Waals surface area contributed by atoms with E-state index in [9.17, 15) is 9.90 Å². The Kier molecular flexibility index (Phi) is 3.03. The summed E-state index contributed by atoms with van der Waals surface area (Å²) >= 11 is 0. The average molecular weight is 301 g/mol. The highest BCUT2D eigenvalue weighted by atomic mass is 16.3. The van der Waals surface area contributed by atoms with Crippen molar-refractivity contribution in [3.8, 4) is 0 Å². The molecule has 0 bridgehead atoms. The number of ketones is 1. The smallest absolute Gasteiger partial charge is 0.234 e. The van der Waals surface area contributed by atoms with Crippen LogP contribution in [0.25, 0.3) is 0 Å². The highest BCUT2D eigenvalue weighted by Gasteiger charge is 2.52. The standard InChI is InChI=1S/C20H15NO2/c22-19-17-13-7-8-14-18(17)21(16-11-5-2-6-12-16)20(19,23)15-9-3-1-4-10-15/h1-14,23H. The van der Waals surface area contributed by atoms with Crippen molar-refractivity contribution in [2.75, 3.05) is 4.90 Å². The van der Waals surface area contributed by atoms with E-state index >= 15 is 0 Å². The second-order valence-corrected chi connectivity index (χ2v) is 5.56. The minimum atomic E-state index is -1.73. The monoisotopic (exact) mass is 301 g/mol. The molecule has 1 aliphatic heterocycles. The van der Waals surface area contributed by atoms with E-state index in [-0.39, 0.29) is 5.78 Å². The number of carbonyl (C=O) groups excluding carboxylic acids is 1. The number of carbonyl (C=O) groups is 1. The second kappa shape index (κ2) is 5.07. The predicted molar refractivity (Wildman–Crippen MR) is 89.7 cm³/mol. The van der Waals surface area contributed by atoms with Crippen LogP contribution in [0.2, 0.25) is 0 Å². The Morgan fingerprint density at radius 2 is 1.30 bits per heavy atom. The molecule has 1 atom stereocenters. The van der Waals surface area contributed by atoms with Gasteiger partial charge in [0.25, 0.3) is 0 Å². The van der Waals surface area contributed by atoms with Crippen molar-refractivity contribution in [2.24, 2.45) is 0 Å². The van der Waals surface area contributed by atoms with Crippen LogP contribution >= 0.6 is 0 Å². The van der Waals surface area contributed by atoms with Crippen molar-refractivity contribution >= 4 is 17.2 Å². The molecular weight excluding hydrogens is 286 g/mol. The van der Waals surface area contributed by atoms with Crippen LogP contribution in [-0.4, -0.2) is 10.9 Å². The number of hydrogen-bond donors (Lipinski definition) is 1. The van der Waals surface area contributed by atoms with Gasteiger partial charge in [0.2, 0.25) is 11.5 Å². The Balaban J connectivity index is 2.00. The molecule has 0 saturated carbocycles. The number of benzene rings is 3. The molecule has 0 fully saturated rings. The van der Waals surface area contributed by atoms with Crippen LogP contribution in [0.4, 0.5) is 11.4 Å². The molecular formula is C20H15NO2. The highest BCUT2D eigenvalue weighted by molar-refractivity contribution is 6.14. The molecule has 3 aromatic rings. The molecule has 3 heteroatoms. The van der Waals surface area contributed by atoms with E-state index in [1.165, 1.54) is 0 Å². The predicted octanol–water partition coefficient (Wildman–Crippen LogP) is 3.87. The number of anilines is 2. The lowest BCUT2D eigenvalue weighted by Crippen LogP contribution is -2.45. The van der Waals surface area contributed by atoms with E-state index in [0.717, 1.165) is 11.4 Å². The molecule has 0 amide bonds. The van der Waals surface area contributed by atoms with Gasteiger partial charge in [-0.2, -0.15) is 0 Å². The van der Waals surface area contributed by atoms with Gasteiger partial charge < -0.3 is 10.0 Å². The van der Waals surface area contributed by atoms with Gasteiger partial charge in [0.05, 0.1) is 5.69 Å². The molecule has 3 nitrogen and oxygen atoms in total. The van der Waals surface area contributed by atoms with E-state index < -0.39 is 5.72 Å². The summed E-state index contributed by atoms with van der Waals surface area (Å²) in [5, 5.41) is 11.4. The van der Waals surface area contributed by atoms with Gasteiger partial charge in [-0.25, -0.2) is 0 Å². The van der Waals surface area contributed by atoms with E-state index in [4.69, 9.17) is 0 Å². The first kappa shape index (κ1) is 13.7. The number of nitrogens with zero attached hydrogens (tertiary/aromatic N) is 1. The molecule has 0 aromatic heterocycles. The number of para-hydroxylation sites is 2.